The average molecular weight is 301 g/mol. The van der Waals surface area contributed by atoms with Crippen LogP contribution in [0.15, 0.2) is 48.5 Å². The molecule has 22 heavy (non-hydrogen) atoms. The zero-order valence-corrected chi connectivity index (χ0v) is 13.2. The lowest BCUT2D eigenvalue weighted by molar-refractivity contribution is 0.208. The molecule has 0 aromatic heterocycles. The summed E-state index contributed by atoms with van der Waals surface area (Å²) in [5.41, 5.74) is 1.20. The van der Waals surface area contributed by atoms with Gasteiger partial charge in [0, 0.05) is 6.54 Å². The molecule has 2 rings (SSSR count). The van der Waals surface area contributed by atoms with Crippen LogP contribution < -0.4 is 19.5 Å². The molecule has 0 saturated heterocycles. The van der Waals surface area contributed by atoms with Crippen molar-refractivity contribution in [2.24, 2.45) is 0 Å². The summed E-state index contributed by atoms with van der Waals surface area (Å²) in [6.45, 7) is 4.37. The van der Waals surface area contributed by atoms with Crippen LogP contribution >= 0.6 is 0 Å². The van der Waals surface area contributed by atoms with Gasteiger partial charge in [-0.2, -0.15) is 0 Å². The van der Waals surface area contributed by atoms with Crippen molar-refractivity contribution in [3.8, 4) is 17.2 Å². The summed E-state index contributed by atoms with van der Waals surface area (Å²) in [6, 6.07) is 15.7. The van der Waals surface area contributed by atoms with Crippen molar-refractivity contribution in [1.29, 1.82) is 0 Å². The molecule has 4 heteroatoms. The Morgan fingerprint density at radius 1 is 0.864 bits per heavy atom. The van der Waals surface area contributed by atoms with E-state index in [-0.39, 0.29) is 0 Å². The Kier molecular flexibility index (Phi) is 6.58. The molecule has 118 valence electrons. The summed E-state index contributed by atoms with van der Waals surface area (Å²) in [4.78, 5) is 0. The second-order valence-electron chi connectivity index (χ2n) is 4.75. The highest BCUT2D eigenvalue weighted by atomic mass is 16.5. The fraction of sp³-hybridized carbons (Fsp3) is 0.333. The van der Waals surface area contributed by atoms with Crippen LogP contribution in [-0.4, -0.2) is 26.9 Å². The van der Waals surface area contributed by atoms with Crippen LogP contribution in [0.3, 0.4) is 0 Å². The van der Waals surface area contributed by atoms with E-state index < -0.39 is 0 Å². The molecule has 0 aliphatic carbocycles. The Labute approximate surface area is 132 Å². The minimum Gasteiger partial charge on any atom is -0.490 e. The molecule has 4 nitrogen and oxygen atoms in total. The Balaban J connectivity index is 1.81. The van der Waals surface area contributed by atoms with Gasteiger partial charge in [0.15, 0.2) is 11.5 Å². The molecule has 0 aliphatic heterocycles. The van der Waals surface area contributed by atoms with Gasteiger partial charge >= 0.3 is 0 Å². The first-order chi connectivity index (χ1) is 10.8. The molecule has 2 aromatic rings. The number of benzene rings is 2. The number of rotatable bonds is 9. The molecular formula is C18H23NO3. The number of hydrogen-bond acceptors (Lipinski definition) is 4. The van der Waals surface area contributed by atoms with Gasteiger partial charge in [0.1, 0.15) is 19.0 Å². The first-order valence-corrected chi connectivity index (χ1v) is 7.54. The quantitative estimate of drug-likeness (QED) is 0.722. The van der Waals surface area contributed by atoms with Gasteiger partial charge < -0.3 is 19.5 Å². The summed E-state index contributed by atoms with van der Waals surface area (Å²) >= 11 is 0. The predicted octanol–water partition coefficient (Wildman–Crippen LogP) is 3.26. The minimum absolute atomic E-state index is 0.473. The van der Waals surface area contributed by atoms with Crippen LogP contribution in [0.1, 0.15) is 12.5 Å². The summed E-state index contributed by atoms with van der Waals surface area (Å²) < 4.78 is 17.0. The molecule has 0 heterocycles. The van der Waals surface area contributed by atoms with Crippen LogP contribution in [0.2, 0.25) is 0 Å². The van der Waals surface area contributed by atoms with Gasteiger partial charge in [-0.25, -0.2) is 0 Å². The SMILES string of the molecule is CCOc1ccccc1OCCOc1cccc(CNC)c1. The van der Waals surface area contributed by atoms with Crippen molar-refractivity contribution in [2.75, 3.05) is 26.9 Å². The van der Waals surface area contributed by atoms with E-state index in [1.807, 2.05) is 56.4 Å². The highest BCUT2D eigenvalue weighted by Crippen LogP contribution is 2.26. The smallest absolute Gasteiger partial charge is 0.161 e. The topological polar surface area (TPSA) is 39.7 Å². The van der Waals surface area contributed by atoms with Crippen LogP contribution in [-0.2, 0) is 6.54 Å². The Morgan fingerprint density at radius 2 is 1.59 bits per heavy atom. The number of para-hydroxylation sites is 2. The fourth-order valence-corrected chi connectivity index (χ4v) is 2.10. The van der Waals surface area contributed by atoms with E-state index in [1.54, 1.807) is 0 Å². The van der Waals surface area contributed by atoms with Crippen molar-refractivity contribution in [3.05, 3.63) is 54.1 Å². The van der Waals surface area contributed by atoms with Gasteiger partial charge in [-0.1, -0.05) is 24.3 Å². The largest absolute Gasteiger partial charge is 0.490 e. The minimum atomic E-state index is 0.473. The molecule has 0 spiro atoms. The summed E-state index contributed by atoms with van der Waals surface area (Å²) in [7, 11) is 1.93. The summed E-state index contributed by atoms with van der Waals surface area (Å²) in [5, 5.41) is 3.12. The molecule has 0 bridgehead atoms. The lowest BCUT2D eigenvalue weighted by Crippen LogP contribution is -2.10. The second-order valence-corrected chi connectivity index (χ2v) is 4.75. The van der Waals surface area contributed by atoms with Crippen LogP contribution in [0.25, 0.3) is 0 Å². The van der Waals surface area contributed by atoms with Crippen LogP contribution in [0, 0.1) is 0 Å². The number of ether oxygens (including phenoxy) is 3. The molecule has 0 fully saturated rings. The summed E-state index contributed by atoms with van der Waals surface area (Å²) in [6.07, 6.45) is 0. The fourth-order valence-electron chi connectivity index (χ4n) is 2.10. The zero-order chi connectivity index (χ0) is 15.6. The molecular weight excluding hydrogens is 278 g/mol. The highest BCUT2D eigenvalue weighted by molar-refractivity contribution is 5.39. The molecule has 0 unspecified atom stereocenters. The summed E-state index contributed by atoms with van der Waals surface area (Å²) in [5.74, 6) is 2.37. The lowest BCUT2D eigenvalue weighted by Gasteiger charge is -2.12. The van der Waals surface area contributed by atoms with Gasteiger partial charge in [-0.05, 0) is 43.8 Å². The average Bonchev–Trinajstić information content (AvgIpc) is 2.54. The van der Waals surface area contributed by atoms with E-state index in [4.69, 9.17) is 14.2 Å². The van der Waals surface area contributed by atoms with Gasteiger partial charge in [-0.15, -0.1) is 0 Å². The second kappa shape index (κ2) is 8.95. The maximum absolute atomic E-state index is 5.73. The maximum Gasteiger partial charge on any atom is 0.161 e. The molecule has 2 aromatic carbocycles. The van der Waals surface area contributed by atoms with Crippen LogP contribution in [0.5, 0.6) is 17.2 Å². The Bertz CT molecular complexity index is 572. The standard InChI is InChI=1S/C18H23NO3/c1-3-20-17-9-4-5-10-18(17)22-12-11-21-16-8-6-7-15(13-16)14-19-2/h4-10,13,19H,3,11-12,14H2,1-2H3. The van der Waals surface area contributed by atoms with Crippen molar-refractivity contribution in [1.82, 2.24) is 5.32 Å². The molecule has 0 saturated carbocycles. The third kappa shape index (κ3) is 4.97. The lowest BCUT2D eigenvalue weighted by atomic mass is 10.2. The third-order valence-corrected chi connectivity index (χ3v) is 3.04. The van der Waals surface area contributed by atoms with E-state index in [1.165, 1.54) is 5.56 Å². The molecule has 0 atom stereocenters. The van der Waals surface area contributed by atoms with E-state index >= 15 is 0 Å². The van der Waals surface area contributed by atoms with E-state index in [0.717, 1.165) is 23.8 Å². The Hall–Kier alpha value is -2.20. The zero-order valence-electron chi connectivity index (χ0n) is 13.2. The number of hydrogen-bond donors (Lipinski definition) is 1. The van der Waals surface area contributed by atoms with Crippen molar-refractivity contribution in [3.63, 3.8) is 0 Å². The van der Waals surface area contributed by atoms with Crippen molar-refractivity contribution < 1.29 is 14.2 Å². The van der Waals surface area contributed by atoms with Crippen molar-refractivity contribution >= 4 is 0 Å². The molecule has 0 amide bonds. The van der Waals surface area contributed by atoms with Gasteiger partial charge in [0.05, 0.1) is 6.61 Å². The van der Waals surface area contributed by atoms with E-state index in [0.29, 0.717) is 19.8 Å². The Morgan fingerprint density at radius 3 is 2.32 bits per heavy atom. The van der Waals surface area contributed by atoms with Crippen LogP contribution in [0.4, 0.5) is 0 Å². The predicted molar refractivity (Wildman–Crippen MR) is 87.8 cm³/mol. The van der Waals surface area contributed by atoms with Gasteiger partial charge in [0.2, 0.25) is 0 Å². The van der Waals surface area contributed by atoms with E-state index in [2.05, 4.69) is 11.4 Å². The molecule has 1 N–H and O–H groups in total. The number of nitrogens with one attached hydrogen (secondary N) is 1. The highest BCUT2D eigenvalue weighted by Gasteiger charge is 2.03. The third-order valence-electron chi connectivity index (χ3n) is 3.04. The normalized spacial score (nSPS) is 10.3. The van der Waals surface area contributed by atoms with Gasteiger partial charge in [0.25, 0.3) is 0 Å². The van der Waals surface area contributed by atoms with Crippen molar-refractivity contribution in [2.45, 2.75) is 13.5 Å². The monoisotopic (exact) mass is 301 g/mol. The molecule has 0 radical (unpaired) electrons. The molecule has 0 aliphatic rings. The first-order valence-electron chi connectivity index (χ1n) is 7.54. The van der Waals surface area contributed by atoms with E-state index in [9.17, 15) is 0 Å². The van der Waals surface area contributed by atoms with Gasteiger partial charge in [-0.3, -0.25) is 0 Å². The maximum atomic E-state index is 5.73. The first kappa shape index (κ1) is 16.2.